The maximum atomic E-state index is 10.6. The molecule has 0 aromatic rings. The highest BCUT2D eigenvalue weighted by molar-refractivity contribution is 5.81. The minimum Gasteiger partial charge on any atom is -0.391 e. The van der Waals surface area contributed by atoms with E-state index < -0.39 is 12.1 Å². The molecule has 0 fully saturated rings. The van der Waals surface area contributed by atoms with Gasteiger partial charge in [0.15, 0.2) is 0 Å². The third-order valence-corrected chi connectivity index (χ3v) is 1.23. The molecule has 0 aliphatic heterocycles. The quantitative estimate of drug-likeness (QED) is 0.545. The molecule has 0 aliphatic rings. The summed E-state index contributed by atoms with van der Waals surface area (Å²) in [5.41, 5.74) is 0. The minimum atomic E-state index is -0.604. The van der Waals surface area contributed by atoms with Gasteiger partial charge in [-0.3, -0.25) is 4.79 Å². The van der Waals surface area contributed by atoms with Crippen LogP contribution in [0.4, 0.5) is 0 Å². The molecule has 2 N–H and O–H groups in total. The second-order valence-electron chi connectivity index (χ2n) is 2.12. The lowest BCUT2D eigenvalue weighted by Crippen LogP contribution is -2.41. The molecule has 0 aliphatic carbocycles. The molecule has 2 atom stereocenters. The van der Waals surface area contributed by atoms with Crippen molar-refractivity contribution < 1.29 is 9.90 Å². The third-order valence-electron chi connectivity index (χ3n) is 1.23. The van der Waals surface area contributed by atoms with E-state index in [9.17, 15) is 4.79 Å². The Bertz CT molecular complexity index is 101. The van der Waals surface area contributed by atoms with E-state index in [-0.39, 0.29) is 5.78 Å². The Morgan fingerprint density at radius 1 is 1.67 bits per heavy atom. The van der Waals surface area contributed by atoms with Crippen LogP contribution >= 0.6 is 0 Å². The van der Waals surface area contributed by atoms with Crippen molar-refractivity contribution in [1.82, 2.24) is 5.32 Å². The van der Waals surface area contributed by atoms with E-state index in [0.717, 1.165) is 0 Å². The van der Waals surface area contributed by atoms with Crippen molar-refractivity contribution in [3.8, 4) is 0 Å². The Balaban J connectivity index is 3.83. The molecule has 0 heterocycles. The second kappa shape index (κ2) is 3.58. The molecule has 0 rings (SSSR count). The smallest absolute Gasteiger partial charge is 0.149 e. The molecular formula is C6H13NO2. The van der Waals surface area contributed by atoms with Crippen LogP contribution in [0.2, 0.25) is 0 Å². The van der Waals surface area contributed by atoms with Gasteiger partial charge in [0.1, 0.15) is 5.78 Å². The van der Waals surface area contributed by atoms with Crippen molar-refractivity contribution in [3.63, 3.8) is 0 Å². The number of Topliss-reactive ketones (excluding diaryl/α,β-unsaturated/α-hetero) is 1. The van der Waals surface area contributed by atoms with Gasteiger partial charge >= 0.3 is 0 Å². The summed E-state index contributed by atoms with van der Waals surface area (Å²) >= 11 is 0. The Kier molecular flexibility index (Phi) is 3.42. The Morgan fingerprint density at radius 2 is 2.11 bits per heavy atom. The first kappa shape index (κ1) is 8.59. The zero-order chi connectivity index (χ0) is 7.44. The second-order valence-corrected chi connectivity index (χ2v) is 2.12. The van der Waals surface area contributed by atoms with E-state index in [1.165, 1.54) is 6.92 Å². The van der Waals surface area contributed by atoms with Gasteiger partial charge in [-0.25, -0.2) is 0 Å². The van der Waals surface area contributed by atoms with Crippen molar-refractivity contribution in [2.75, 3.05) is 7.05 Å². The summed E-state index contributed by atoms with van der Waals surface area (Å²) in [5.74, 6) is -0.0347. The van der Waals surface area contributed by atoms with E-state index in [0.29, 0.717) is 0 Å². The summed E-state index contributed by atoms with van der Waals surface area (Å²) in [6.45, 7) is 3.04. The first-order chi connectivity index (χ1) is 4.09. The maximum absolute atomic E-state index is 10.6. The fourth-order valence-electron chi connectivity index (χ4n) is 0.784. The van der Waals surface area contributed by atoms with Gasteiger partial charge in [-0.15, -0.1) is 0 Å². The summed E-state index contributed by atoms with van der Waals surface area (Å²) in [7, 11) is 1.65. The highest BCUT2D eigenvalue weighted by Gasteiger charge is 2.16. The van der Waals surface area contributed by atoms with Gasteiger partial charge in [-0.05, 0) is 20.9 Å². The zero-order valence-corrected chi connectivity index (χ0v) is 6.01. The van der Waals surface area contributed by atoms with Gasteiger partial charge < -0.3 is 10.4 Å². The van der Waals surface area contributed by atoms with Crippen LogP contribution in [0.3, 0.4) is 0 Å². The molecule has 0 saturated carbocycles. The molecule has 54 valence electrons. The number of aliphatic hydroxyl groups excluding tert-OH is 1. The van der Waals surface area contributed by atoms with Crippen LogP contribution in [0.15, 0.2) is 0 Å². The summed E-state index contributed by atoms with van der Waals surface area (Å²) < 4.78 is 0. The molecule has 3 nitrogen and oxygen atoms in total. The van der Waals surface area contributed by atoms with Gasteiger partial charge in [0.05, 0.1) is 12.1 Å². The topological polar surface area (TPSA) is 49.3 Å². The molecule has 0 amide bonds. The molecule has 0 radical (unpaired) electrons. The highest BCUT2D eigenvalue weighted by Crippen LogP contribution is 1.91. The minimum absolute atomic E-state index is 0.0347. The van der Waals surface area contributed by atoms with E-state index in [2.05, 4.69) is 5.32 Å². The number of hydrogen-bond donors (Lipinski definition) is 2. The van der Waals surface area contributed by atoms with Crippen LogP contribution in [0.25, 0.3) is 0 Å². The summed E-state index contributed by atoms with van der Waals surface area (Å²) in [6.07, 6.45) is -0.604. The predicted octanol–water partition coefficient (Wildman–Crippen LogP) is -0.456. The highest BCUT2D eigenvalue weighted by atomic mass is 16.3. The molecule has 9 heavy (non-hydrogen) atoms. The molecule has 1 unspecified atom stereocenters. The summed E-state index contributed by atoms with van der Waals surface area (Å²) in [5, 5.41) is 11.6. The van der Waals surface area contributed by atoms with Crippen LogP contribution < -0.4 is 5.32 Å². The van der Waals surface area contributed by atoms with Gasteiger partial charge in [-0.2, -0.15) is 0 Å². The molecular weight excluding hydrogens is 118 g/mol. The van der Waals surface area contributed by atoms with Gasteiger partial charge in [0.25, 0.3) is 0 Å². The fourth-order valence-corrected chi connectivity index (χ4v) is 0.784. The number of hydrogen-bond acceptors (Lipinski definition) is 3. The lowest BCUT2D eigenvalue weighted by Gasteiger charge is -2.14. The molecule has 0 saturated heterocycles. The molecule has 3 heteroatoms. The van der Waals surface area contributed by atoms with Crippen molar-refractivity contribution in [2.24, 2.45) is 0 Å². The van der Waals surface area contributed by atoms with Crippen LogP contribution in [0.5, 0.6) is 0 Å². The molecule has 0 aromatic carbocycles. The maximum Gasteiger partial charge on any atom is 0.149 e. The average molecular weight is 131 g/mol. The van der Waals surface area contributed by atoms with E-state index >= 15 is 0 Å². The monoisotopic (exact) mass is 131 g/mol. The van der Waals surface area contributed by atoms with Crippen molar-refractivity contribution in [3.05, 3.63) is 0 Å². The molecule has 0 spiro atoms. The fraction of sp³-hybridized carbons (Fsp3) is 0.833. The number of carbonyl (C=O) groups is 1. The number of nitrogens with one attached hydrogen (secondary N) is 1. The van der Waals surface area contributed by atoms with Crippen LogP contribution in [0, 0.1) is 0 Å². The number of aliphatic hydroxyl groups is 1. The number of rotatable bonds is 3. The molecule has 0 bridgehead atoms. The van der Waals surface area contributed by atoms with Crippen molar-refractivity contribution in [1.29, 1.82) is 0 Å². The van der Waals surface area contributed by atoms with Crippen LogP contribution in [-0.4, -0.2) is 30.1 Å². The average Bonchev–Trinajstić information content (AvgIpc) is 1.64. The zero-order valence-electron chi connectivity index (χ0n) is 6.01. The number of ketones is 1. The SMILES string of the molecule is CN[C@H](C(C)=O)C(C)O. The Labute approximate surface area is 55.1 Å². The van der Waals surface area contributed by atoms with E-state index in [4.69, 9.17) is 5.11 Å². The third kappa shape index (κ3) is 2.58. The lowest BCUT2D eigenvalue weighted by molar-refractivity contribution is -0.121. The normalized spacial score (nSPS) is 16.9. The largest absolute Gasteiger partial charge is 0.391 e. The Hall–Kier alpha value is -0.410. The summed E-state index contributed by atoms with van der Waals surface area (Å²) in [4.78, 5) is 10.6. The van der Waals surface area contributed by atoms with Gasteiger partial charge in [0, 0.05) is 0 Å². The van der Waals surface area contributed by atoms with E-state index in [1.807, 2.05) is 0 Å². The lowest BCUT2D eigenvalue weighted by atomic mass is 10.1. The first-order valence-electron chi connectivity index (χ1n) is 2.95. The number of likely N-dealkylation sites (N-methyl/N-ethyl adjacent to an activating group) is 1. The summed E-state index contributed by atoms with van der Waals surface area (Å²) in [6, 6.07) is -0.412. The first-order valence-corrected chi connectivity index (χ1v) is 2.95. The van der Waals surface area contributed by atoms with Crippen LogP contribution in [0.1, 0.15) is 13.8 Å². The Morgan fingerprint density at radius 3 is 2.11 bits per heavy atom. The number of carbonyl (C=O) groups excluding carboxylic acids is 1. The van der Waals surface area contributed by atoms with E-state index in [1.54, 1.807) is 14.0 Å². The standard InChI is InChI=1S/C6H13NO2/c1-4(8)6(7-3)5(2)9/h4,6-8H,1-3H3/t4?,6-/m0/s1. The van der Waals surface area contributed by atoms with Gasteiger partial charge in [0.2, 0.25) is 0 Å². The predicted molar refractivity (Wildman–Crippen MR) is 35.2 cm³/mol. The van der Waals surface area contributed by atoms with Crippen molar-refractivity contribution >= 4 is 5.78 Å². The van der Waals surface area contributed by atoms with Crippen LogP contribution in [-0.2, 0) is 4.79 Å². The molecule has 0 aromatic heterocycles. The van der Waals surface area contributed by atoms with Gasteiger partial charge in [-0.1, -0.05) is 0 Å². The van der Waals surface area contributed by atoms with Crippen molar-refractivity contribution in [2.45, 2.75) is 26.0 Å².